The number of fused-ring (bicyclic) bond motifs is 1. The van der Waals surface area contributed by atoms with Crippen LogP contribution in [0.3, 0.4) is 0 Å². The normalized spacial score (nSPS) is 11.9. The van der Waals surface area contributed by atoms with Gasteiger partial charge in [-0.05, 0) is 29.8 Å². The molecule has 24 heavy (non-hydrogen) atoms. The lowest BCUT2D eigenvalue weighted by Gasteiger charge is -2.18. The fourth-order valence-electron chi connectivity index (χ4n) is 2.36. The van der Waals surface area contributed by atoms with E-state index in [2.05, 4.69) is 5.32 Å². The smallest absolute Gasteiger partial charge is 0.317 e. The Morgan fingerprint density at radius 3 is 2.79 bits per heavy atom. The number of carbonyl (C=O) groups is 1. The second-order valence-corrected chi connectivity index (χ2v) is 5.44. The van der Waals surface area contributed by atoms with E-state index in [1.165, 1.54) is 0 Å². The number of urea groups is 1. The Morgan fingerprint density at radius 2 is 1.96 bits per heavy atom. The van der Waals surface area contributed by atoms with Crippen LogP contribution in [0.5, 0.6) is 17.2 Å². The second-order valence-electron chi connectivity index (χ2n) is 5.44. The van der Waals surface area contributed by atoms with E-state index in [1.807, 2.05) is 48.5 Å². The molecule has 0 fully saturated rings. The number of nitrogens with one attached hydrogen (secondary N) is 1. The summed E-state index contributed by atoms with van der Waals surface area (Å²) in [6.07, 6.45) is 0. The highest BCUT2D eigenvalue weighted by Crippen LogP contribution is 2.32. The maximum Gasteiger partial charge on any atom is 0.317 e. The predicted octanol–water partition coefficient (Wildman–Crippen LogP) is 2.64. The van der Waals surface area contributed by atoms with E-state index < -0.39 is 0 Å². The van der Waals surface area contributed by atoms with Gasteiger partial charge in [0.15, 0.2) is 11.5 Å². The molecule has 126 valence electrons. The molecule has 6 heteroatoms. The zero-order chi connectivity index (χ0) is 16.8. The number of amides is 2. The summed E-state index contributed by atoms with van der Waals surface area (Å²) < 4.78 is 16.2. The molecule has 0 aromatic heterocycles. The van der Waals surface area contributed by atoms with Crippen LogP contribution in [0.2, 0.25) is 0 Å². The van der Waals surface area contributed by atoms with Crippen LogP contribution in [0.15, 0.2) is 48.5 Å². The Hall–Kier alpha value is -2.89. The van der Waals surface area contributed by atoms with Crippen molar-refractivity contribution < 1.29 is 19.0 Å². The van der Waals surface area contributed by atoms with E-state index >= 15 is 0 Å². The molecule has 0 saturated carbocycles. The number of hydrogen-bond donors (Lipinski definition) is 1. The fraction of sp³-hybridized carbons (Fsp3) is 0.278. The summed E-state index contributed by atoms with van der Waals surface area (Å²) >= 11 is 0. The summed E-state index contributed by atoms with van der Waals surface area (Å²) in [5.74, 6) is 2.25. The van der Waals surface area contributed by atoms with Crippen molar-refractivity contribution >= 4 is 6.03 Å². The van der Waals surface area contributed by atoms with Gasteiger partial charge < -0.3 is 24.4 Å². The first kappa shape index (κ1) is 16.0. The van der Waals surface area contributed by atoms with E-state index in [4.69, 9.17) is 14.2 Å². The van der Waals surface area contributed by atoms with Crippen molar-refractivity contribution in [3.63, 3.8) is 0 Å². The molecular weight excluding hydrogens is 308 g/mol. The monoisotopic (exact) mass is 328 g/mol. The fourth-order valence-corrected chi connectivity index (χ4v) is 2.36. The summed E-state index contributed by atoms with van der Waals surface area (Å²) in [5, 5.41) is 2.83. The molecule has 1 aliphatic rings. The maximum atomic E-state index is 12.1. The average Bonchev–Trinajstić information content (AvgIpc) is 3.07. The summed E-state index contributed by atoms with van der Waals surface area (Å²) in [7, 11) is 1.75. The number of carbonyl (C=O) groups excluding carboxylic acids is 1. The Kier molecular flexibility index (Phi) is 5.05. The van der Waals surface area contributed by atoms with Crippen LogP contribution in [0.25, 0.3) is 0 Å². The van der Waals surface area contributed by atoms with Gasteiger partial charge in [-0.1, -0.05) is 24.3 Å². The molecule has 0 unspecified atom stereocenters. The second kappa shape index (κ2) is 7.59. The number of ether oxygens (including phenoxy) is 3. The minimum Gasteiger partial charge on any atom is -0.492 e. The highest BCUT2D eigenvalue weighted by atomic mass is 16.7. The molecule has 2 aromatic rings. The molecule has 1 heterocycles. The van der Waals surface area contributed by atoms with Crippen LogP contribution < -0.4 is 19.5 Å². The lowest BCUT2D eigenvalue weighted by molar-refractivity contribution is 0.174. The average molecular weight is 328 g/mol. The molecule has 2 amide bonds. The standard InChI is InChI=1S/C18H20N2O4/c1-20(12-14-7-8-16-17(11-14)24-13-23-16)18(21)19-9-10-22-15-5-3-2-4-6-15/h2-8,11H,9-10,12-13H2,1H3,(H,19,21). The van der Waals surface area contributed by atoms with Gasteiger partial charge >= 0.3 is 6.03 Å². The van der Waals surface area contributed by atoms with Crippen molar-refractivity contribution in [1.29, 1.82) is 0 Å². The molecule has 0 bridgehead atoms. The number of para-hydroxylation sites is 1. The van der Waals surface area contributed by atoms with Crippen LogP contribution in [0, 0.1) is 0 Å². The molecule has 3 rings (SSSR count). The molecule has 2 aromatic carbocycles. The molecule has 0 spiro atoms. The predicted molar refractivity (Wildman–Crippen MR) is 89.4 cm³/mol. The van der Waals surface area contributed by atoms with Crippen molar-refractivity contribution in [3.05, 3.63) is 54.1 Å². The summed E-state index contributed by atoms with van der Waals surface area (Å²) in [4.78, 5) is 13.7. The third-order valence-corrected chi connectivity index (χ3v) is 3.59. The van der Waals surface area contributed by atoms with Gasteiger partial charge in [-0.15, -0.1) is 0 Å². The van der Waals surface area contributed by atoms with Crippen molar-refractivity contribution in [3.8, 4) is 17.2 Å². The topological polar surface area (TPSA) is 60.0 Å². The minimum absolute atomic E-state index is 0.149. The molecule has 1 N–H and O–H groups in total. The number of rotatable bonds is 6. The Morgan fingerprint density at radius 1 is 1.17 bits per heavy atom. The summed E-state index contributed by atoms with van der Waals surface area (Å²) in [5.41, 5.74) is 0.984. The molecule has 0 atom stereocenters. The van der Waals surface area contributed by atoms with E-state index in [0.717, 1.165) is 22.8 Å². The van der Waals surface area contributed by atoms with E-state index in [1.54, 1.807) is 11.9 Å². The first-order valence-corrected chi connectivity index (χ1v) is 7.78. The Balaban J connectivity index is 1.41. The summed E-state index contributed by atoms with van der Waals surface area (Å²) in [6, 6.07) is 15.0. The number of hydrogen-bond acceptors (Lipinski definition) is 4. The first-order valence-electron chi connectivity index (χ1n) is 7.78. The van der Waals surface area contributed by atoms with Crippen molar-refractivity contribution in [1.82, 2.24) is 10.2 Å². The Bertz CT molecular complexity index is 691. The van der Waals surface area contributed by atoms with Gasteiger partial charge in [0.05, 0.1) is 6.54 Å². The van der Waals surface area contributed by atoms with Crippen LogP contribution in [-0.2, 0) is 6.54 Å². The van der Waals surface area contributed by atoms with Gasteiger partial charge in [-0.3, -0.25) is 0 Å². The first-order chi connectivity index (χ1) is 11.7. The largest absolute Gasteiger partial charge is 0.492 e. The van der Waals surface area contributed by atoms with Gasteiger partial charge in [-0.25, -0.2) is 4.79 Å². The number of nitrogens with zero attached hydrogens (tertiary/aromatic N) is 1. The van der Waals surface area contributed by atoms with Gasteiger partial charge in [0, 0.05) is 13.6 Å². The summed E-state index contributed by atoms with van der Waals surface area (Å²) in [6.45, 7) is 1.60. The Labute approximate surface area is 140 Å². The van der Waals surface area contributed by atoms with Gasteiger partial charge in [0.25, 0.3) is 0 Å². The van der Waals surface area contributed by atoms with Crippen molar-refractivity contribution in [2.24, 2.45) is 0 Å². The molecule has 0 aliphatic carbocycles. The lowest BCUT2D eigenvalue weighted by Crippen LogP contribution is -2.38. The third kappa shape index (κ3) is 4.10. The number of benzene rings is 2. The van der Waals surface area contributed by atoms with Gasteiger partial charge in [0.2, 0.25) is 6.79 Å². The highest BCUT2D eigenvalue weighted by Gasteiger charge is 2.15. The van der Waals surface area contributed by atoms with Gasteiger partial charge in [-0.2, -0.15) is 0 Å². The van der Waals surface area contributed by atoms with Crippen molar-refractivity contribution in [2.45, 2.75) is 6.54 Å². The lowest BCUT2D eigenvalue weighted by atomic mass is 10.2. The maximum absolute atomic E-state index is 12.1. The van der Waals surface area contributed by atoms with Gasteiger partial charge in [0.1, 0.15) is 12.4 Å². The van der Waals surface area contributed by atoms with Crippen LogP contribution in [-0.4, -0.2) is 37.9 Å². The van der Waals surface area contributed by atoms with Crippen LogP contribution in [0.4, 0.5) is 4.79 Å². The minimum atomic E-state index is -0.149. The quantitative estimate of drug-likeness (QED) is 0.828. The third-order valence-electron chi connectivity index (χ3n) is 3.59. The highest BCUT2D eigenvalue weighted by molar-refractivity contribution is 5.73. The zero-order valence-corrected chi connectivity index (χ0v) is 13.5. The van der Waals surface area contributed by atoms with E-state index in [-0.39, 0.29) is 12.8 Å². The molecule has 6 nitrogen and oxygen atoms in total. The van der Waals surface area contributed by atoms with Crippen LogP contribution >= 0.6 is 0 Å². The zero-order valence-electron chi connectivity index (χ0n) is 13.5. The SMILES string of the molecule is CN(Cc1ccc2c(c1)OCO2)C(=O)NCCOc1ccccc1. The van der Waals surface area contributed by atoms with Crippen LogP contribution in [0.1, 0.15) is 5.56 Å². The van der Waals surface area contributed by atoms with E-state index in [9.17, 15) is 4.79 Å². The van der Waals surface area contributed by atoms with E-state index in [0.29, 0.717) is 19.7 Å². The van der Waals surface area contributed by atoms with Crippen molar-refractivity contribution in [2.75, 3.05) is 27.0 Å². The molecular formula is C18H20N2O4. The molecule has 0 radical (unpaired) electrons. The molecule has 0 saturated heterocycles. The molecule has 1 aliphatic heterocycles.